The number of fused-ring (bicyclic) bond motifs is 7. The monoisotopic (exact) mass is 854 g/mol. The van der Waals surface area contributed by atoms with Gasteiger partial charge in [-0.15, -0.1) is 79.4 Å². The lowest BCUT2D eigenvalue weighted by Crippen LogP contribution is -1.89. The van der Waals surface area contributed by atoms with E-state index in [1.165, 1.54) is 80.6 Å². The van der Waals surface area contributed by atoms with Gasteiger partial charge in [-0.1, -0.05) is 27.7 Å². The molecule has 0 radical (unpaired) electrons. The maximum Gasteiger partial charge on any atom is 0.132 e. The van der Waals surface area contributed by atoms with Crippen molar-refractivity contribution < 1.29 is 0 Å². The van der Waals surface area contributed by atoms with E-state index in [-0.39, 0.29) is 0 Å². The highest BCUT2D eigenvalue weighted by Crippen LogP contribution is 2.50. The molecule has 0 aromatic carbocycles. The Bertz CT molecular complexity index is 2890. The fraction of sp³-hybridized carbons (Fsp3) is 0.211. The smallest absolute Gasteiger partial charge is 0.132 e. The molecule has 0 N–H and O–H groups in total. The summed E-state index contributed by atoms with van der Waals surface area (Å²) < 4.78 is 29.6. The predicted molar refractivity (Wildman–Crippen MR) is 238 cm³/mol. The van der Waals surface area contributed by atoms with Gasteiger partial charge in [-0.05, 0) is 61.1 Å². The molecule has 0 atom stereocenters. The summed E-state index contributed by atoms with van der Waals surface area (Å²) in [6.45, 7) is 9.11. The molecule has 0 bridgehead atoms. The van der Waals surface area contributed by atoms with Gasteiger partial charge in [-0.25, -0.2) is 0 Å². The van der Waals surface area contributed by atoms with Gasteiger partial charge >= 0.3 is 0 Å². The Labute approximate surface area is 339 Å². The first-order chi connectivity index (χ1) is 25.8. The lowest BCUT2D eigenvalue weighted by atomic mass is 10.1. The van der Waals surface area contributed by atoms with Gasteiger partial charge < -0.3 is 0 Å². The zero-order valence-electron chi connectivity index (χ0n) is 28.5. The second kappa shape index (κ2) is 12.7. The Morgan fingerprint density at radius 1 is 0.434 bits per heavy atom. The molecule has 0 unspecified atom stereocenters. The van der Waals surface area contributed by atoms with Gasteiger partial charge in [-0.2, -0.15) is 17.5 Å². The standard InChI is InChI=1S/C38H26N6S9/c1-15(2)5-17-7-23-25(45-17)9-21(47-23)19-13-39-33(35-31(19)41-52-43-35)27-11-29-37(50-27)38-30(49-29)12-28(51-38)34-36-32(42-53-44-36)20(14-40-34)22-10-26-24(48-22)8-18(46-26)6-16(3)4/h7-16H,5-6H2,1-4H3. The fourth-order valence-corrected chi connectivity index (χ4v) is 17.3. The van der Waals surface area contributed by atoms with Crippen molar-refractivity contribution in [3.05, 3.63) is 58.5 Å². The van der Waals surface area contributed by atoms with Crippen molar-refractivity contribution >= 4 is 162 Å². The van der Waals surface area contributed by atoms with E-state index in [4.69, 9.17) is 27.5 Å². The third-order valence-electron chi connectivity index (χ3n) is 9.14. The summed E-state index contributed by atoms with van der Waals surface area (Å²) in [6, 6.07) is 13.9. The second-order valence-electron chi connectivity index (χ2n) is 14.0. The summed E-state index contributed by atoms with van der Waals surface area (Å²) >= 11 is 15.4. The van der Waals surface area contributed by atoms with E-state index >= 15 is 0 Å². The summed E-state index contributed by atoms with van der Waals surface area (Å²) in [5.41, 5.74) is 7.58. The fourth-order valence-electron chi connectivity index (χ4n) is 6.88. The highest BCUT2D eigenvalue weighted by atomic mass is 32.1. The van der Waals surface area contributed by atoms with Crippen LogP contribution in [0.2, 0.25) is 0 Å². The minimum absolute atomic E-state index is 0.657. The van der Waals surface area contributed by atoms with Crippen LogP contribution in [0.1, 0.15) is 37.4 Å². The predicted octanol–water partition coefficient (Wildman–Crippen LogP) is 14.6. The van der Waals surface area contributed by atoms with Crippen molar-refractivity contribution in [1.82, 2.24) is 27.5 Å². The number of hydrogen-bond acceptors (Lipinski definition) is 15. The number of aromatic nitrogens is 6. The minimum atomic E-state index is 0.657. The van der Waals surface area contributed by atoms with E-state index in [1.54, 1.807) is 22.7 Å². The number of thiophene rings is 7. The van der Waals surface area contributed by atoms with Crippen molar-refractivity contribution in [3.63, 3.8) is 0 Å². The zero-order chi connectivity index (χ0) is 35.5. The summed E-state index contributed by atoms with van der Waals surface area (Å²) in [4.78, 5) is 17.7. The topological polar surface area (TPSA) is 77.3 Å². The average Bonchev–Trinajstić information content (AvgIpc) is 3.93. The van der Waals surface area contributed by atoms with Crippen molar-refractivity contribution in [2.24, 2.45) is 11.8 Å². The number of rotatable bonds is 8. The first kappa shape index (κ1) is 33.2. The van der Waals surface area contributed by atoms with E-state index in [0.717, 1.165) is 67.2 Å². The first-order valence-electron chi connectivity index (χ1n) is 17.1. The molecule has 262 valence electrons. The van der Waals surface area contributed by atoms with Crippen LogP contribution < -0.4 is 0 Å². The zero-order valence-corrected chi connectivity index (χ0v) is 35.9. The third kappa shape index (κ3) is 5.57. The molecular formula is C38H26N6S9. The maximum absolute atomic E-state index is 5.04. The van der Waals surface area contributed by atoms with E-state index in [2.05, 4.69) is 64.1 Å². The number of nitrogens with zero attached hydrogens (tertiary/aromatic N) is 6. The Kier molecular flexibility index (Phi) is 7.97. The second-order valence-corrected chi connectivity index (χ2v) is 22.7. The summed E-state index contributed by atoms with van der Waals surface area (Å²) in [7, 11) is 0. The van der Waals surface area contributed by atoms with Crippen LogP contribution in [-0.2, 0) is 12.8 Å². The van der Waals surface area contributed by atoms with E-state index in [0.29, 0.717) is 11.8 Å². The van der Waals surface area contributed by atoms with Crippen LogP contribution in [0, 0.1) is 11.8 Å². The molecule has 0 saturated heterocycles. The van der Waals surface area contributed by atoms with Gasteiger partial charge in [0.2, 0.25) is 0 Å². The van der Waals surface area contributed by atoms with Gasteiger partial charge in [0.25, 0.3) is 0 Å². The molecule has 0 fully saturated rings. The molecule has 0 aliphatic carbocycles. The quantitative estimate of drug-likeness (QED) is 0.151. The van der Waals surface area contributed by atoms with Crippen LogP contribution in [0.5, 0.6) is 0 Å². The molecule has 11 aromatic rings. The summed E-state index contributed by atoms with van der Waals surface area (Å²) in [6.07, 6.45) is 6.26. The first-order valence-corrected chi connectivity index (χ1v) is 24.2. The van der Waals surface area contributed by atoms with E-state index in [1.807, 2.05) is 69.1 Å². The van der Waals surface area contributed by atoms with Crippen LogP contribution in [0.15, 0.2) is 48.8 Å². The van der Waals surface area contributed by atoms with Crippen molar-refractivity contribution in [2.75, 3.05) is 0 Å². The number of hydrogen-bond donors (Lipinski definition) is 0. The largest absolute Gasteiger partial charge is 0.252 e. The average molecular weight is 855 g/mol. The number of pyridine rings is 2. The molecular weight excluding hydrogens is 829 g/mol. The van der Waals surface area contributed by atoms with Gasteiger partial charge in [0.15, 0.2) is 0 Å². The molecule has 0 aliphatic heterocycles. The van der Waals surface area contributed by atoms with Crippen molar-refractivity contribution in [2.45, 2.75) is 40.5 Å². The highest BCUT2D eigenvalue weighted by molar-refractivity contribution is 7.40. The maximum atomic E-state index is 5.04. The van der Waals surface area contributed by atoms with Crippen molar-refractivity contribution in [1.29, 1.82) is 0 Å². The molecule has 0 spiro atoms. The van der Waals surface area contributed by atoms with Gasteiger partial charge in [0.05, 0.1) is 42.6 Å². The Morgan fingerprint density at radius 3 is 1.28 bits per heavy atom. The summed E-state index contributed by atoms with van der Waals surface area (Å²) in [5, 5.41) is 0. The lowest BCUT2D eigenvalue weighted by molar-refractivity contribution is 0.654. The molecule has 53 heavy (non-hydrogen) atoms. The van der Waals surface area contributed by atoms with Gasteiger partial charge in [0.1, 0.15) is 33.5 Å². The van der Waals surface area contributed by atoms with E-state index < -0.39 is 0 Å². The Balaban J connectivity index is 0.928. The molecule has 0 amide bonds. The Hall–Kier alpha value is -3.12. The molecule has 11 heterocycles. The van der Waals surface area contributed by atoms with E-state index in [9.17, 15) is 0 Å². The minimum Gasteiger partial charge on any atom is -0.252 e. The van der Waals surface area contributed by atoms with Gasteiger partial charge in [-0.3, -0.25) is 9.97 Å². The normalized spacial score (nSPS) is 12.6. The van der Waals surface area contributed by atoms with Crippen LogP contribution in [0.25, 0.3) is 102 Å². The SMILES string of the molecule is CC(C)Cc1cc2sc(-c3cnc(-c4cc5sc6cc(-c7ncc(-c8cc9sc(CC(C)C)cc9s8)c8nsnc78)sc6c5s4)c4nsnc34)cc2s1. The van der Waals surface area contributed by atoms with Crippen LogP contribution >= 0.6 is 103 Å². The highest BCUT2D eigenvalue weighted by Gasteiger charge is 2.23. The van der Waals surface area contributed by atoms with Crippen LogP contribution in [0.4, 0.5) is 0 Å². The van der Waals surface area contributed by atoms with Crippen LogP contribution in [-0.4, -0.2) is 27.5 Å². The molecule has 0 saturated carbocycles. The molecule has 0 aliphatic rings. The molecule has 6 nitrogen and oxygen atoms in total. The lowest BCUT2D eigenvalue weighted by Gasteiger charge is -2.02. The molecule has 15 heteroatoms. The van der Waals surface area contributed by atoms with Crippen molar-refractivity contribution in [3.8, 4) is 42.0 Å². The van der Waals surface area contributed by atoms with Gasteiger partial charge in [0, 0.05) is 71.2 Å². The van der Waals surface area contributed by atoms with Crippen LogP contribution in [0.3, 0.4) is 0 Å². The third-order valence-corrected chi connectivity index (χ3v) is 18.7. The molecule has 11 aromatic heterocycles. The Morgan fingerprint density at radius 2 is 0.849 bits per heavy atom. The summed E-state index contributed by atoms with van der Waals surface area (Å²) in [5.74, 6) is 1.31. The molecule has 11 rings (SSSR count).